The smallest absolute Gasteiger partial charge is 0.263 e. The Morgan fingerprint density at radius 1 is 1.44 bits per heavy atom. The van der Waals surface area contributed by atoms with Crippen molar-refractivity contribution in [3.63, 3.8) is 0 Å². The Hall–Kier alpha value is -2.50. The fourth-order valence-electron chi connectivity index (χ4n) is 1.59. The first-order valence-corrected chi connectivity index (χ1v) is 5.40. The molecule has 6 heteroatoms. The predicted molar refractivity (Wildman–Crippen MR) is 64.1 cm³/mol. The minimum atomic E-state index is -0.256. The van der Waals surface area contributed by atoms with Gasteiger partial charge in [-0.25, -0.2) is 9.55 Å². The van der Waals surface area contributed by atoms with Crippen molar-refractivity contribution in [1.29, 1.82) is 0 Å². The standard InChI is InChI=1S/C12H13N3O3/c1-15-5-4-13-11(15)7-12(18)14-9-3-2-8(16)6-10(9)17/h2-6H,7H2,1H3,(H3,14,16,17,18)/p+1. The van der Waals surface area contributed by atoms with Crippen molar-refractivity contribution in [3.8, 4) is 11.5 Å². The number of imidazole rings is 1. The largest absolute Gasteiger partial charge is 0.508 e. The van der Waals surface area contributed by atoms with Crippen LogP contribution in [0.1, 0.15) is 5.82 Å². The van der Waals surface area contributed by atoms with Gasteiger partial charge in [-0.2, -0.15) is 0 Å². The maximum absolute atomic E-state index is 11.8. The number of benzene rings is 1. The van der Waals surface area contributed by atoms with E-state index in [0.717, 1.165) is 5.82 Å². The van der Waals surface area contributed by atoms with Gasteiger partial charge in [-0.1, -0.05) is 0 Å². The van der Waals surface area contributed by atoms with E-state index >= 15 is 0 Å². The van der Waals surface area contributed by atoms with Gasteiger partial charge in [0, 0.05) is 6.07 Å². The number of anilines is 1. The van der Waals surface area contributed by atoms with Crippen LogP contribution in [0.3, 0.4) is 0 Å². The number of nitrogens with one attached hydrogen (secondary N) is 2. The number of amides is 1. The molecule has 94 valence electrons. The molecule has 0 bridgehead atoms. The number of rotatable bonds is 3. The van der Waals surface area contributed by atoms with Crippen LogP contribution in [0.2, 0.25) is 0 Å². The Balaban J connectivity index is 2.05. The van der Waals surface area contributed by atoms with E-state index in [9.17, 15) is 9.90 Å². The van der Waals surface area contributed by atoms with Crippen molar-refractivity contribution >= 4 is 11.6 Å². The number of hydrogen-bond acceptors (Lipinski definition) is 3. The molecular weight excluding hydrogens is 234 g/mol. The minimum Gasteiger partial charge on any atom is -0.508 e. The van der Waals surface area contributed by atoms with Crippen LogP contribution in [0.25, 0.3) is 0 Å². The molecule has 1 heterocycles. The van der Waals surface area contributed by atoms with E-state index in [1.165, 1.54) is 18.2 Å². The van der Waals surface area contributed by atoms with E-state index < -0.39 is 0 Å². The van der Waals surface area contributed by atoms with Crippen molar-refractivity contribution in [3.05, 3.63) is 36.4 Å². The molecule has 0 saturated heterocycles. The second-order valence-corrected chi connectivity index (χ2v) is 3.94. The van der Waals surface area contributed by atoms with Gasteiger partial charge in [-0.15, -0.1) is 0 Å². The molecule has 1 aromatic heterocycles. The highest BCUT2D eigenvalue weighted by atomic mass is 16.3. The number of carbonyl (C=O) groups is 1. The molecule has 0 spiro atoms. The summed E-state index contributed by atoms with van der Waals surface area (Å²) in [6.45, 7) is 0. The molecule has 2 aromatic rings. The van der Waals surface area contributed by atoms with Crippen molar-refractivity contribution in [2.24, 2.45) is 7.05 Å². The summed E-state index contributed by atoms with van der Waals surface area (Å²) in [5.74, 6) is 0.278. The van der Waals surface area contributed by atoms with Gasteiger partial charge < -0.3 is 15.5 Å². The molecule has 0 unspecified atom stereocenters. The summed E-state index contributed by atoms with van der Waals surface area (Å²) >= 11 is 0. The highest BCUT2D eigenvalue weighted by Crippen LogP contribution is 2.27. The highest BCUT2D eigenvalue weighted by Gasteiger charge is 2.14. The predicted octanol–water partition coefficient (Wildman–Crippen LogP) is 0.432. The first kappa shape index (κ1) is 12.0. The Morgan fingerprint density at radius 2 is 2.22 bits per heavy atom. The van der Waals surface area contributed by atoms with Gasteiger partial charge in [-0.3, -0.25) is 4.79 Å². The molecule has 0 aliphatic rings. The topological polar surface area (TPSA) is 89.2 Å². The van der Waals surface area contributed by atoms with Crippen LogP contribution in [0.5, 0.6) is 11.5 Å². The zero-order chi connectivity index (χ0) is 13.1. The van der Waals surface area contributed by atoms with Crippen molar-refractivity contribution < 1.29 is 19.6 Å². The summed E-state index contributed by atoms with van der Waals surface area (Å²) in [6.07, 6.45) is 3.71. The molecule has 0 radical (unpaired) electrons. The number of carbonyl (C=O) groups excluding carboxylic acids is 1. The molecular formula is C12H14N3O3+. The van der Waals surface area contributed by atoms with Crippen LogP contribution < -0.4 is 9.88 Å². The van der Waals surface area contributed by atoms with Crippen molar-refractivity contribution in [1.82, 2.24) is 4.98 Å². The molecule has 0 aliphatic heterocycles. The van der Waals surface area contributed by atoms with Gasteiger partial charge >= 0.3 is 0 Å². The first-order valence-electron chi connectivity index (χ1n) is 5.40. The third kappa shape index (κ3) is 2.60. The van der Waals surface area contributed by atoms with Crippen LogP contribution in [-0.2, 0) is 18.3 Å². The highest BCUT2D eigenvalue weighted by molar-refractivity contribution is 5.93. The third-order valence-corrected chi connectivity index (χ3v) is 2.56. The molecule has 1 amide bonds. The van der Waals surface area contributed by atoms with Gasteiger partial charge in [0.2, 0.25) is 5.91 Å². The summed E-state index contributed by atoms with van der Waals surface area (Å²) in [5.41, 5.74) is 0.270. The number of aromatic amines is 1. The van der Waals surface area contributed by atoms with E-state index in [1.807, 2.05) is 7.05 Å². The summed E-state index contributed by atoms with van der Waals surface area (Å²) in [5, 5.41) is 21.2. The first-order chi connectivity index (χ1) is 8.56. The second-order valence-electron chi connectivity index (χ2n) is 3.94. The van der Waals surface area contributed by atoms with Crippen molar-refractivity contribution in [2.45, 2.75) is 6.42 Å². The van der Waals surface area contributed by atoms with Gasteiger partial charge in [0.15, 0.2) is 0 Å². The van der Waals surface area contributed by atoms with E-state index in [1.54, 1.807) is 17.0 Å². The van der Waals surface area contributed by atoms with Crippen LogP contribution in [0, 0.1) is 0 Å². The lowest BCUT2D eigenvalue weighted by atomic mass is 10.2. The average Bonchev–Trinajstić information content (AvgIpc) is 2.69. The van der Waals surface area contributed by atoms with Crippen molar-refractivity contribution in [2.75, 3.05) is 5.32 Å². The molecule has 0 saturated carbocycles. The fourth-order valence-corrected chi connectivity index (χ4v) is 1.59. The van der Waals surface area contributed by atoms with Crippen LogP contribution in [0.15, 0.2) is 30.6 Å². The maximum atomic E-state index is 11.8. The summed E-state index contributed by atoms with van der Waals surface area (Å²) in [6, 6.07) is 4.01. The SMILES string of the molecule is C[n+]1cc[nH]c1CC(=O)Nc1ccc(O)cc1O. The van der Waals surface area contributed by atoms with Gasteiger partial charge in [0.25, 0.3) is 5.82 Å². The normalized spacial score (nSPS) is 10.3. The van der Waals surface area contributed by atoms with E-state index in [0.29, 0.717) is 0 Å². The molecule has 0 fully saturated rings. The van der Waals surface area contributed by atoms with Crippen LogP contribution in [-0.4, -0.2) is 21.1 Å². The second kappa shape index (κ2) is 4.79. The molecule has 0 aliphatic carbocycles. The molecule has 0 atom stereocenters. The summed E-state index contributed by atoms with van der Waals surface area (Å²) in [4.78, 5) is 14.7. The number of aromatic nitrogens is 2. The number of phenols is 2. The number of aryl methyl sites for hydroxylation is 1. The molecule has 6 nitrogen and oxygen atoms in total. The average molecular weight is 248 g/mol. The lowest BCUT2D eigenvalue weighted by Gasteiger charge is -2.06. The number of phenolic OH excluding ortho intramolecular Hbond substituents is 2. The Kier molecular flexibility index (Phi) is 3.18. The third-order valence-electron chi connectivity index (χ3n) is 2.56. The number of hydrogen-bond donors (Lipinski definition) is 4. The quantitative estimate of drug-likeness (QED) is 0.361. The fraction of sp³-hybridized carbons (Fsp3) is 0.167. The van der Waals surface area contributed by atoms with Crippen LogP contribution in [0.4, 0.5) is 5.69 Å². The van der Waals surface area contributed by atoms with Gasteiger partial charge in [-0.05, 0) is 12.1 Å². The van der Waals surface area contributed by atoms with Crippen LogP contribution >= 0.6 is 0 Å². The Morgan fingerprint density at radius 3 is 2.83 bits per heavy atom. The number of aromatic hydroxyl groups is 2. The lowest BCUT2D eigenvalue weighted by molar-refractivity contribution is -0.677. The zero-order valence-electron chi connectivity index (χ0n) is 9.84. The maximum Gasteiger partial charge on any atom is 0.263 e. The Labute approximate surface area is 104 Å². The monoisotopic (exact) mass is 248 g/mol. The van der Waals surface area contributed by atoms with Gasteiger partial charge in [0.05, 0.1) is 12.7 Å². The zero-order valence-corrected chi connectivity index (χ0v) is 9.84. The number of nitrogens with zero attached hydrogens (tertiary/aromatic N) is 1. The lowest BCUT2D eigenvalue weighted by Crippen LogP contribution is -2.33. The van der Waals surface area contributed by atoms with E-state index in [-0.39, 0.29) is 29.5 Å². The number of H-pyrrole nitrogens is 1. The molecule has 4 N–H and O–H groups in total. The summed E-state index contributed by atoms with van der Waals surface area (Å²) < 4.78 is 1.80. The van der Waals surface area contributed by atoms with E-state index in [2.05, 4.69) is 10.3 Å². The molecule has 1 aromatic carbocycles. The Bertz CT molecular complexity index is 578. The molecule has 2 rings (SSSR count). The minimum absolute atomic E-state index is 0.0544. The summed E-state index contributed by atoms with van der Waals surface area (Å²) in [7, 11) is 1.83. The molecule has 18 heavy (non-hydrogen) atoms. The van der Waals surface area contributed by atoms with Gasteiger partial charge in [0.1, 0.15) is 30.3 Å². The van der Waals surface area contributed by atoms with E-state index in [4.69, 9.17) is 5.11 Å².